The smallest absolute Gasteiger partial charge is 0.0526 e. The summed E-state index contributed by atoms with van der Waals surface area (Å²) in [4.78, 5) is 4.02. The van der Waals surface area contributed by atoms with Gasteiger partial charge >= 0.3 is 0 Å². The van der Waals surface area contributed by atoms with Gasteiger partial charge in [-0.25, -0.2) is 0 Å². The molecule has 66 valence electrons. The Balaban J connectivity index is 2.16. The maximum atomic E-state index is 4.02. The van der Waals surface area contributed by atoms with Gasteiger partial charge in [0.2, 0.25) is 0 Å². The Kier molecular flexibility index (Phi) is 4.21. The maximum absolute atomic E-state index is 4.02. The molecule has 0 fully saturated rings. The summed E-state index contributed by atoms with van der Waals surface area (Å²) in [5.74, 6) is 0. The summed E-state index contributed by atoms with van der Waals surface area (Å²) in [5.41, 5.74) is 1.12. The number of rotatable bonds is 5. The molecule has 0 saturated heterocycles. The van der Waals surface area contributed by atoms with Gasteiger partial charge in [-0.05, 0) is 18.6 Å². The van der Waals surface area contributed by atoms with Gasteiger partial charge in [0.1, 0.15) is 0 Å². The molecule has 0 aromatic carbocycles. The van der Waals surface area contributed by atoms with E-state index in [1.54, 1.807) is 6.20 Å². The lowest BCUT2D eigenvalue weighted by molar-refractivity contribution is 0.743. The van der Waals surface area contributed by atoms with E-state index in [-0.39, 0.29) is 0 Å². The van der Waals surface area contributed by atoms with Gasteiger partial charge in [-0.1, -0.05) is 19.8 Å². The predicted octanol–water partition coefficient (Wildman–Crippen LogP) is 2.68. The van der Waals surface area contributed by atoms with Crippen molar-refractivity contribution in [2.24, 2.45) is 0 Å². The fraction of sp³-hybridized carbons (Fsp3) is 0.500. The zero-order chi connectivity index (χ0) is 8.65. The van der Waals surface area contributed by atoms with Gasteiger partial charge in [-0.3, -0.25) is 4.98 Å². The van der Waals surface area contributed by atoms with Crippen LogP contribution in [0.4, 0.5) is 5.69 Å². The minimum atomic E-state index is 1.06. The molecule has 1 rings (SSSR count). The van der Waals surface area contributed by atoms with Gasteiger partial charge in [0.15, 0.2) is 0 Å². The molecule has 0 bridgehead atoms. The molecule has 0 atom stereocenters. The summed E-state index contributed by atoms with van der Waals surface area (Å²) in [6.45, 7) is 3.27. The maximum Gasteiger partial charge on any atom is 0.0526 e. The Labute approximate surface area is 74.0 Å². The topological polar surface area (TPSA) is 24.9 Å². The summed E-state index contributed by atoms with van der Waals surface area (Å²) in [6, 6.07) is 3.99. The zero-order valence-electron chi connectivity index (χ0n) is 7.59. The van der Waals surface area contributed by atoms with E-state index >= 15 is 0 Å². The quantitative estimate of drug-likeness (QED) is 0.677. The molecule has 1 aromatic heterocycles. The van der Waals surface area contributed by atoms with Crippen LogP contribution in [0.1, 0.15) is 26.2 Å². The van der Waals surface area contributed by atoms with Crippen molar-refractivity contribution in [2.75, 3.05) is 11.9 Å². The van der Waals surface area contributed by atoms with E-state index in [1.807, 2.05) is 18.3 Å². The van der Waals surface area contributed by atoms with Gasteiger partial charge in [0.05, 0.1) is 5.69 Å². The van der Waals surface area contributed by atoms with Gasteiger partial charge < -0.3 is 5.32 Å². The second kappa shape index (κ2) is 5.58. The third-order valence-corrected chi connectivity index (χ3v) is 1.77. The van der Waals surface area contributed by atoms with E-state index in [0.717, 1.165) is 12.2 Å². The number of hydrogen-bond acceptors (Lipinski definition) is 2. The van der Waals surface area contributed by atoms with Gasteiger partial charge in [0, 0.05) is 18.9 Å². The fourth-order valence-corrected chi connectivity index (χ4v) is 1.08. The molecular weight excluding hydrogens is 148 g/mol. The molecule has 1 aromatic rings. The normalized spacial score (nSPS) is 9.75. The highest BCUT2D eigenvalue weighted by molar-refractivity contribution is 5.39. The Bertz CT molecular complexity index is 196. The van der Waals surface area contributed by atoms with Crippen molar-refractivity contribution in [2.45, 2.75) is 26.2 Å². The first-order valence-electron chi connectivity index (χ1n) is 4.57. The highest BCUT2D eigenvalue weighted by Crippen LogP contribution is 2.03. The second-order valence-corrected chi connectivity index (χ2v) is 2.88. The first-order chi connectivity index (χ1) is 5.93. The van der Waals surface area contributed by atoms with Crippen molar-refractivity contribution in [1.29, 1.82) is 0 Å². The number of nitrogens with zero attached hydrogens (tertiary/aromatic N) is 1. The number of anilines is 1. The van der Waals surface area contributed by atoms with Crippen LogP contribution in [0.25, 0.3) is 0 Å². The number of pyridine rings is 1. The minimum Gasteiger partial charge on any atom is -0.384 e. The van der Waals surface area contributed by atoms with Crippen molar-refractivity contribution in [3.8, 4) is 0 Å². The number of hydrogen-bond donors (Lipinski definition) is 1. The summed E-state index contributed by atoms with van der Waals surface area (Å²) in [5, 5.41) is 3.32. The molecule has 2 heteroatoms. The van der Waals surface area contributed by atoms with Crippen LogP contribution in [0, 0.1) is 0 Å². The van der Waals surface area contributed by atoms with Crippen LogP contribution in [-0.2, 0) is 0 Å². The molecular formula is C10H16N2. The van der Waals surface area contributed by atoms with E-state index in [9.17, 15) is 0 Å². The highest BCUT2D eigenvalue weighted by Gasteiger charge is 1.88. The monoisotopic (exact) mass is 164 g/mol. The summed E-state index contributed by atoms with van der Waals surface area (Å²) in [7, 11) is 0. The van der Waals surface area contributed by atoms with Crippen LogP contribution in [0.3, 0.4) is 0 Å². The van der Waals surface area contributed by atoms with Crippen molar-refractivity contribution in [1.82, 2.24) is 4.98 Å². The van der Waals surface area contributed by atoms with Gasteiger partial charge in [0.25, 0.3) is 0 Å². The fourth-order valence-electron chi connectivity index (χ4n) is 1.08. The summed E-state index contributed by atoms with van der Waals surface area (Å²) in [6.07, 6.45) is 7.45. The van der Waals surface area contributed by atoms with Crippen LogP contribution in [0.15, 0.2) is 24.5 Å². The van der Waals surface area contributed by atoms with Gasteiger partial charge in [-0.2, -0.15) is 0 Å². The van der Waals surface area contributed by atoms with Crippen LogP contribution in [-0.4, -0.2) is 11.5 Å². The largest absolute Gasteiger partial charge is 0.384 e. The molecule has 0 unspecified atom stereocenters. The summed E-state index contributed by atoms with van der Waals surface area (Å²) < 4.78 is 0. The molecule has 12 heavy (non-hydrogen) atoms. The first-order valence-corrected chi connectivity index (χ1v) is 4.57. The molecule has 1 N–H and O–H groups in total. The SMILES string of the molecule is CCCCCNc1cccnc1. The standard InChI is InChI=1S/C10H16N2/c1-2-3-4-8-12-10-6-5-7-11-9-10/h5-7,9,12H,2-4,8H2,1H3. The average molecular weight is 164 g/mol. The lowest BCUT2D eigenvalue weighted by atomic mass is 10.2. The zero-order valence-corrected chi connectivity index (χ0v) is 7.59. The Morgan fingerprint density at radius 2 is 2.33 bits per heavy atom. The first kappa shape index (κ1) is 9.04. The molecule has 0 saturated carbocycles. The summed E-state index contributed by atoms with van der Waals surface area (Å²) >= 11 is 0. The molecule has 0 amide bonds. The van der Waals surface area contributed by atoms with Gasteiger partial charge in [-0.15, -0.1) is 0 Å². The van der Waals surface area contributed by atoms with Crippen LogP contribution in [0.5, 0.6) is 0 Å². The van der Waals surface area contributed by atoms with E-state index in [4.69, 9.17) is 0 Å². The van der Waals surface area contributed by atoms with E-state index in [1.165, 1.54) is 19.3 Å². The van der Waals surface area contributed by atoms with Crippen molar-refractivity contribution < 1.29 is 0 Å². The third kappa shape index (κ3) is 3.37. The number of aromatic nitrogens is 1. The van der Waals surface area contributed by atoms with E-state index in [2.05, 4.69) is 17.2 Å². The van der Waals surface area contributed by atoms with E-state index in [0.29, 0.717) is 0 Å². The molecule has 0 radical (unpaired) electrons. The van der Waals surface area contributed by atoms with Crippen LogP contribution >= 0.6 is 0 Å². The highest BCUT2D eigenvalue weighted by atomic mass is 14.9. The van der Waals surface area contributed by atoms with Crippen LogP contribution in [0.2, 0.25) is 0 Å². The van der Waals surface area contributed by atoms with Crippen LogP contribution < -0.4 is 5.32 Å². The van der Waals surface area contributed by atoms with Crippen molar-refractivity contribution in [3.63, 3.8) is 0 Å². The third-order valence-electron chi connectivity index (χ3n) is 1.77. The molecule has 2 nitrogen and oxygen atoms in total. The molecule has 0 aliphatic rings. The lowest BCUT2D eigenvalue weighted by Gasteiger charge is -2.03. The average Bonchev–Trinajstić information content (AvgIpc) is 2.14. The Morgan fingerprint density at radius 3 is 3.00 bits per heavy atom. The molecule has 1 heterocycles. The Hall–Kier alpha value is -1.05. The van der Waals surface area contributed by atoms with Crippen molar-refractivity contribution in [3.05, 3.63) is 24.5 Å². The number of nitrogens with one attached hydrogen (secondary N) is 1. The van der Waals surface area contributed by atoms with E-state index < -0.39 is 0 Å². The second-order valence-electron chi connectivity index (χ2n) is 2.88. The Morgan fingerprint density at radius 1 is 1.42 bits per heavy atom. The predicted molar refractivity (Wildman–Crippen MR) is 52.3 cm³/mol. The lowest BCUT2D eigenvalue weighted by Crippen LogP contribution is -2.00. The molecule has 0 aliphatic heterocycles. The number of unbranched alkanes of at least 4 members (excludes halogenated alkanes) is 2. The molecule has 0 aliphatic carbocycles. The minimum absolute atomic E-state index is 1.06. The van der Waals surface area contributed by atoms with Crippen molar-refractivity contribution >= 4 is 5.69 Å². The molecule has 0 spiro atoms.